The first-order valence-electron chi connectivity index (χ1n) is 0. The Labute approximate surface area is 59.2 Å². The maximum atomic E-state index is 0. The summed E-state index contributed by atoms with van der Waals surface area (Å²) >= 11 is 0. The normalized spacial score (nSPS) is 0. The Bertz CT molecular complexity index is 7.61. The minimum absolute atomic E-state index is 0. The maximum Gasteiger partial charge on any atom is 0 e. The van der Waals surface area contributed by atoms with Crippen molar-refractivity contribution >= 4 is 0 Å². The molecule has 0 radical (unpaired) electrons. The molecule has 0 fully saturated rings. The molecule has 0 atom stereocenters. The average molecular weight is 245 g/mol. The summed E-state index contributed by atoms with van der Waals surface area (Å²) in [6.45, 7) is 0. The van der Waals surface area contributed by atoms with E-state index < -0.39 is 0 Å². The molecule has 0 heterocycles. The summed E-state index contributed by atoms with van der Waals surface area (Å²) in [5, 5.41) is 0. The summed E-state index contributed by atoms with van der Waals surface area (Å²) in [5.41, 5.74) is 0. The van der Waals surface area contributed by atoms with Gasteiger partial charge in [-0.25, -0.2) is 0 Å². The van der Waals surface area contributed by atoms with E-state index in [2.05, 4.69) is 0 Å². The maximum absolute atomic E-state index is 0. The van der Waals surface area contributed by atoms with Crippen LogP contribution in [0.3, 0.4) is 0 Å². The van der Waals surface area contributed by atoms with Crippen LogP contribution in [0.5, 0.6) is 0 Å². The van der Waals surface area contributed by atoms with Crippen LogP contribution in [0.1, 0.15) is 0 Å². The summed E-state index contributed by atoms with van der Waals surface area (Å²) in [5.74, 6) is 0. The van der Waals surface area contributed by atoms with E-state index in [1.54, 1.807) is 0 Å². The molecule has 0 rings (SSSR count). The first-order chi connectivity index (χ1) is 0. The van der Waals surface area contributed by atoms with E-state index in [1.807, 2.05) is 0 Å². The van der Waals surface area contributed by atoms with Crippen LogP contribution in [0.15, 0.2) is 0 Å². The third-order valence-electron chi connectivity index (χ3n) is 0. The van der Waals surface area contributed by atoms with Gasteiger partial charge >= 0.3 is 0 Å². The fourth-order valence-electron chi connectivity index (χ4n) is 0. The zero-order chi connectivity index (χ0) is 0. The van der Waals surface area contributed by atoms with Crippen LogP contribution < -0.4 is 6.15 Å². The van der Waals surface area contributed by atoms with Gasteiger partial charge in [0.2, 0.25) is 0 Å². The van der Waals surface area contributed by atoms with Gasteiger partial charge in [-0.15, -0.1) is 0 Å². The Hall–Kier alpha value is 1.26. The fraction of sp³-hybridized carbons (Fsp3) is 0. The summed E-state index contributed by atoms with van der Waals surface area (Å²) in [6.07, 6.45) is 0. The number of rotatable bonds is 0. The van der Waals surface area contributed by atoms with Gasteiger partial charge in [-0.05, 0) is 0 Å². The summed E-state index contributed by atoms with van der Waals surface area (Å²) in [7, 11) is 0. The molecule has 0 aromatic carbocycles. The summed E-state index contributed by atoms with van der Waals surface area (Å²) in [4.78, 5) is 0. The molecule has 0 aliphatic carbocycles. The van der Waals surface area contributed by atoms with Gasteiger partial charge < -0.3 is 17.1 Å². The van der Waals surface area contributed by atoms with Gasteiger partial charge in [0.15, 0.2) is 0 Å². The monoisotopic (exact) mass is 249 g/mol. The van der Waals surface area contributed by atoms with E-state index in [1.165, 1.54) is 0 Å². The van der Waals surface area contributed by atoms with Crippen LogP contribution in [-0.2, 0) is 42.1 Å². The van der Waals surface area contributed by atoms with E-state index in [0.717, 1.165) is 0 Å². The molecule has 5 heavy (non-hydrogen) atoms. The predicted octanol–water partition coefficient (Wildman–Crippen LogP) is -1.49. The zero-order valence-corrected chi connectivity index (χ0v) is 6.54. The average Bonchev–Trinajstić information content (AvgIpc) is 0. The summed E-state index contributed by atoms with van der Waals surface area (Å²) in [6, 6.07) is 0. The molecule has 0 bridgehead atoms. The van der Waals surface area contributed by atoms with Crippen molar-refractivity contribution in [3.05, 3.63) is 0 Å². The molecule has 0 saturated carbocycles. The van der Waals surface area contributed by atoms with Crippen molar-refractivity contribution < 1.29 is 53.1 Å². The zero-order valence-electron chi connectivity index (χ0n) is 2.52. The third kappa shape index (κ3) is 35.3. The Balaban J connectivity index is 0. The van der Waals surface area contributed by atoms with Gasteiger partial charge in [0.05, 0.1) is 0 Å². The Morgan fingerprint density at radius 2 is 0.600 bits per heavy atom. The molecule has 0 saturated heterocycles. The molecule has 0 spiro atoms. The molecule has 0 aromatic heterocycles. The van der Waals surface area contributed by atoms with Crippen molar-refractivity contribution in [3.63, 3.8) is 0 Å². The van der Waals surface area contributed by atoms with E-state index in [0.29, 0.717) is 0 Å². The molecule has 3 nitrogen and oxygen atoms in total. The summed E-state index contributed by atoms with van der Waals surface area (Å²) < 4.78 is 0. The van der Waals surface area contributed by atoms with Crippen LogP contribution in [0, 0.1) is 0 Å². The van der Waals surface area contributed by atoms with Crippen LogP contribution in [0.25, 0.3) is 0 Å². The van der Waals surface area contributed by atoms with E-state index in [-0.39, 0.29) is 59.2 Å². The van der Waals surface area contributed by atoms with Crippen LogP contribution in [0.4, 0.5) is 0 Å². The predicted molar refractivity (Wildman–Crippen MR) is 12.2 cm³/mol. The molecular formula is H7Mo2NO2. The van der Waals surface area contributed by atoms with Crippen molar-refractivity contribution in [1.29, 1.82) is 0 Å². The van der Waals surface area contributed by atoms with Gasteiger partial charge in [-0.2, -0.15) is 0 Å². The second-order valence-electron chi connectivity index (χ2n) is 0. The molecule has 0 amide bonds. The van der Waals surface area contributed by atoms with E-state index in [9.17, 15) is 0 Å². The second kappa shape index (κ2) is 60.3. The van der Waals surface area contributed by atoms with Crippen molar-refractivity contribution in [2.75, 3.05) is 0 Å². The smallest absolute Gasteiger partial charge is 0 e. The Morgan fingerprint density at radius 3 is 0.600 bits per heavy atom. The van der Waals surface area contributed by atoms with Gasteiger partial charge in [0.25, 0.3) is 0 Å². The van der Waals surface area contributed by atoms with Crippen molar-refractivity contribution in [2.24, 2.45) is 0 Å². The minimum atomic E-state index is 0. The molecule has 0 unspecified atom stereocenters. The van der Waals surface area contributed by atoms with Gasteiger partial charge in [-0.1, -0.05) is 0 Å². The Morgan fingerprint density at radius 1 is 0.600 bits per heavy atom. The number of hydrogen-bond donors (Lipinski definition) is 1. The molecule has 0 aromatic rings. The van der Waals surface area contributed by atoms with Crippen LogP contribution in [0.2, 0.25) is 0 Å². The molecular weight excluding hydrogens is 238 g/mol. The topological polar surface area (TPSA) is 98.0 Å². The van der Waals surface area contributed by atoms with E-state index in [4.69, 9.17) is 0 Å². The van der Waals surface area contributed by atoms with Gasteiger partial charge in [-0.3, -0.25) is 0 Å². The molecule has 5 heteroatoms. The standard InChI is InChI=1S/2Mo.H3N.2H2O/h;;1H3;2*1H2. The molecule has 7 N–H and O–H groups in total. The van der Waals surface area contributed by atoms with Crippen molar-refractivity contribution in [3.8, 4) is 0 Å². The Kier molecular flexibility index (Phi) is 1320. The van der Waals surface area contributed by atoms with Crippen LogP contribution >= 0.6 is 0 Å². The largest absolute Gasteiger partial charge is 0.412 e. The fourth-order valence-corrected chi connectivity index (χ4v) is 0. The number of hydrogen-bond acceptors (Lipinski definition) is 1. The van der Waals surface area contributed by atoms with Crippen molar-refractivity contribution in [1.82, 2.24) is 6.15 Å². The van der Waals surface area contributed by atoms with Crippen LogP contribution in [-0.4, -0.2) is 11.0 Å². The second-order valence-corrected chi connectivity index (χ2v) is 0. The van der Waals surface area contributed by atoms with Crippen molar-refractivity contribution in [2.45, 2.75) is 0 Å². The van der Waals surface area contributed by atoms with Gasteiger partial charge in [0.1, 0.15) is 0 Å². The van der Waals surface area contributed by atoms with E-state index >= 15 is 0 Å². The van der Waals surface area contributed by atoms with Gasteiger partial charge in [0, 0.05) is 42.1 Å². The minimum Gasteiger partial charge on any atom is -0.412 e. The molecule has 0 aliphatic rings. The first-order valence-corrected chi connectivity index (χ1v) is 0. The quantitative estimate of drug-likeness (QED) is 0.516. The third-order valence-corrected chi connectivity index (χ3v) is 0. The SMILES string of the molecule is N.O.O.[Mo].[Mo]. The molecule has 0 aliphatic heterocycles. The first kappa shape index (κ1) is 109. The molecule has 36 valence electrons.